The maximum Gasteiger partial charge on any atom is 0.274 e. The third-order valence-electron chi connectivity index (χ3n) is 2.81. The van der Waals surface area contributed by atoms with Crippen molar-refractivity contribution in [1.82, 2.24) is 10.3 Å². The SMILES string of the molecule is CN(CC1CNCCO1)c1cc([N+](=O)[O-])ccn1. The van der Waals surface area contributed by atoms with E-state index >= 15 is 0 Å². The highest BCUT2D eigenvalue weighted by Crippen LogP contribution is 2.17. The number of morpholine rings is 1. The predicted octanol–water partition coefficient (Wildman–Crippen LogP) is 0.414. The van der Waals surface area contributed by atoms with Crippen LogP contribution in [0.1, 0.15) is 0 Å². The van der Waals surface area contributed by atoms with Crippen molar-refractivity contribution < 1.29 is 9.66 Å². The maximum atomic E-state index is 10.7. The Morgan fingerprint density at radius 1 is 1.72 bits per heavy atom. The highest BCUT2D eigenvalue weighted by Gasteiger charge is 2.17. The van der Waals surface area contributed by atoms with Gasteiger partial charge in [-0.1, -0.05) is 0 Å². The van der Waals surface area contributed by atoms with Crippen molar-refractivity contribution in [3.63, 3.8) is 0 Å². The quantitative estimate of drug-likeness (QED) is 0.617. The summed E-state index contributed by atoms with van der Waals surface area (Å²) in [6.07, 6.45) is 1.54. The number of hydrogen-bond donors (Lipinski definition) is 1. The van der Waals surface area contributed by atoms with Crippen molar-refractivity contribution in [2.45, 2.75) is 6.10 Å². The average molecular weight is 252 g/mol. The molecule has 0 saturated carbocycles. The molecule has 0 amide bonds. The number of nitrogens with zero attached hydrogens (tertiary/aromatic N) is 3. The molecule has 1 atom stereocenters. The van der Waals surface area contributed by atoms with E-state index in [4.69, 9.17) is 4.74 Å². The first-order valence-corrected chi connectivity index (χ1v) is 5.80. The summed E-state index contributed by atoms with van der Waals surface area (Å²) in [5.74, 6) is 0.582. The molecule has 1 aromatic heterocycles. The Kier molecular flexibility index (Phi) is 4.06. The number of nitrogens with one attached hydrogen (secondary N) is 1. The molecular formula is C11H16N4O3. The number of ether oxygens (including phenoxy) is 1. The minimum atomic E-state index is -0.419. The van der Waals surface area contributed by atoms with Crippen molar-refractivity contribution in [2.24, 2.45) is 0 Å². The molecule has 1 saturated heterocycles. The van der Waals surface area contributed by atoms with Crippen LogP contribution in [0.4, 0.5) is 11.5 Å². The van der Waals surface area contributed by atoms with Crippen LogP contribution < -0.4 is 10.2 Å². The zero-order chi connectivity index (χ0) is 13.0. The van der Waals surface area contributed by atoms with E-state index in [0.29, 0.717) is 19.0 Å². The minimum absolute atomic E-state index is 0.0505. The molecule has 1 N–H and O–H groups in total. The third kappa shape index (κ3) is 3.14. The Morgan fingerprint density at radius 2 is 2.56 bits per heavy atom. The molecule has 1 fully saturated rings. The van der Waals surface area contributed by atoms with E-state index in [1.54, 1.807) is 0 Å². The van der Waals surface area contributed by atoms with Gasteiger partial charge in [-0.3, -0.25) is 10.1 Å². The number of hydrogen-bond acceptors (Lipinski definition) is 6. The summed E-state index contributed by atoms with van der Waals surface area (Å²) in [4.78, 5) is 16.3. The van der Waals surface area contributed by atoms with E-state index in [1.165, 1.54) is 18.3 Å². The largest absolute Gasteiger partial charge is 0.374 e. The second-order valence-corrected chi connectivity index (χ2v) is 4.21. The van der Waals surface area contributed by atoms with Crippen LogP contribution in [0, 0.1) is 10.1 Å². The van der Waals surface area contributed by atoms with Crippen LogP contribution >= 0.6 is 0 Å². The summed E-state index contributed by atoms with van der Waals surface area (Å²) in [7, 11) is 1.85. The first kappa shape index (κ1) is 12.7. The Bertz CT molecular complexity index is 421. The van der Waals surface area contributed by atoms with Crippen LogP contribution in [0.5, 0.6) is 0 Å². The molecule has 0 spiro atoms. The number of aromatic nitrogens is 1. The molecule has 98 valence electrons. The van der Waals surface area contributed by atoms with Crippen LogP contribution in [0.15, 0.2) is 18.3 Å². The average Bonchev–Trinajstić information content (AvgIpc) is 2.40. The van der Waals surface area contributed by atoms with Gasteiger partial charge in [0.15, 0.2) is 0 Å². The molecule has 2 heterocycles. The highest BCUT2D eigenvalue weighted by molar-refractivity contribution is 5.46. The van der Waals surface area contributed by atoms with E-state index in [0.717, 1.165) is 13.1 Å². The van der Waals surface area contributed by atoms with Gasteiger partial charge in [-0.15, -0.1) is 0 Å². The number of nitro groups is 1. The first-order valence-electron chi connectivity index (χ1n) is 5.80. The summed E-state index contributed by atoms with van der Waals surface area (Å²) >= 11 is 0. The molecule has 1 unspecified atom stereocenters. The smallest absolute Gasteiger partial charge is 0.274 e. The van der Waals surface area contributed by atoms with Gasteiger partial charge >= 0.3 is 0 Å². The van der Waals surface area contributed by atoms with E-state index < -0.39 is 4.92 Å². The zero-order valence-electron chi connectivity index (χ0n) is 10.2. The van der Waals surface area contributed by atoms with E-state index in [9.17, 15) is 10.1 Å². The normalized spacial score (nSPS) is 19.5. The summed E-state index contributed by atoms with van der Waals surface area (Å²) in [5.41, 5.74) is 0.0505. The maximum absolute atomic E-state index is 10.7. The molecule has 0 bridgehead atoms. The molecule has 7 heteroatoms. The predicted molar refractivity (Wildman–Crippen MR) is 66.8 cm³/mol. The van der Waals surface area contributed by atoms with E-state index in [2.05, 4.69) is 10.3 Å². The van der Waals surface area contributed by atoms with Crippen LogP contribution in [0.25, 0.3) is 0 Å². The van der Waals surface area contributed by atoms with Gasteiger partial charge in [0.2, 0.25) is 0 Å². The highest BCUT2D eigenvalue weighted by atomic mass is 16.6. The van der Waals surface area contributed by atoms with Gasteiger partial charge in [-0.25, -0.2) is 4.98 Å². The van der Waals surface area contributed by atoms with Crippen molar-refractivity contribution >= 4 is 11.5 Å². The van der Waals surface area contributed by atoms with Crippen molar-refractivity contribution in [3.8, 4) is 0 Å². The standard InChI is InChI=1S/C11H16N4O3/c1-14(8-10-7-12-4-5-18-10)11-6-9(15(16)17)2-3-13-11/h2-3,6,10,12H,4-5,7-8H2,1H3. The third-order valence-corrected chi connectivity index (χ3v) is 2.81. The van der Waals surface area contributed by atoms with Gasteiger partial charge in [-0.05, 0) is 0 Å². The molecule has 1 aromatic rings. The monoisotopic (exact) mass is 252 g/mol. The Morgan fingerprint density at radius 3 is 3.22 bits per heavy atom. The Balaban J connectivity index is 2.01. The molecule has 0 radical (unpaired) electrons. The molecule has 18 heavy (non-hydrogen) atoms. The van der Waals surface area contributed by atoms with Crippen LogP contribution in [0.3, 0.4) is 0 Å². The fraction of sp³-hybridized carbons (Fsp3) is 0.545. The van der Waals surface area contributed by atoms with Gasteiger partial charge < -0.3 is 15.0 Å². The lowest BCUT2D eigenvalue weighted by atomic mass is 10.3. The lowest BCUT2D eigenvalue weighted by Crippen LogP contribution is -2.44. The number of anilines is 1. The fourth-order valence-electron chi connectivity index (χ4n) is 1.87. The van der Waals surface area contributed by atoms with Gasteiger partial charge in [0.05, 0.1) is 23.7 Å². The molecular weight excluding hydrogens is 236 g/mol. The van der Waals surface area contributed by atoms with E-state index in [1.807, 2.05) is 11.9 Å². The second kappa shape index (κ2) is 5.74. The lowest BCUT2D eigenvalue weighted by Gasteiger charge is -2.28. The molecule has 7 nitrogen and oxygen atoms in total. The summed E-state index contributed by atoms with van der Waals surface area (Å²) < 4.78 is 5.58. The first-order chi connectivity index (χ1) is 8.66. The summed E-state index contributed by atoms with van der Waals surface area (Å²) in [6.45, 7) is 3.01. The molecule has 0 aromatic carbocycles. The van der Waals surface area contributed by atoms with E-state index in [-0.39, 0.29) is 11.8 Å². The Hall–Kier alpha value is -1.73. The van der Waals surface area contributed by atoms with Gasteiger partial charge in [-0.2, -0.15) is 0 Å². The molecule has 1 aliphatic heterocycles. The summed E-state index contributed by atoms with van der Waals surface area (Å²) in [6, 6.07) is 2.85. The summed E-state index contributed by atoms with van der Waals surface area (Å²) in [5, 5.41) is 13.9. The molecule has 1 aliphatic rings. The van der Waals surface area contributed by atoms with Crippen LogP contribution in [-0.2, 0) is 4.74 Å². The van der Waals surface area contributed by atoms with Crippen LogP contribution in [-0.4, -0.2) is 49.3 Å². The Labute approximate surface area is 105 Å². The number of rotatable bonds is 4. The van der Waals surface area contributed by atoms with Gasteiger partial charge in [0.1, 0.15) is 5.82 Å². The van der Waals surface area contributed by atoms with Gasteiger partial charge in [0.25, 0.3) is 5.69 Å². The second-order valence-electron chi connectivity index (χ2n) is 4.21. The van der Waals surface area contributed by atoms with Crippen molar-refractivity contribution in [2.75, 3.05) is 38.2 Å². The fourth-order valence-corrected chi connectivity index (χ4v) is 1.87. The van der Waals surface area contributed by atoms with Crippen LogP contribution in [0.2, 0.25) is 0 Å². The minimum Gasteiger partial charge on any atom is -0.374 e. The zero-order valence-corrected chi connectivity index (χ0v) is 10.2. The number of pyridine rings is 1. The van der Waals surface area contributed by atoms with Crippen molar-refractivity contribution in [3.05, 3.63) is 28.4 Å². The van der Waals surface area contributed by atoms with Crippen molar-refractivity contribution in [1.29, 1.82) is 0 Å². The topological polar surface area (TPSA) is 80.5 Å². The lowest BCUT2D eigenvalue weighted by molar-refractivity contribution is -0.384. The number of likely N-dealkylation sites (N-methyl/N-ethyl adjacent to an activating group) is 1. The molecule has 0 aliphatic carbocycles. The van der Waals surface area contributed by atoms with Gasteiger partial charge in [0, 0.05) is 38.9 Å². The molecule has 2 rings (SSSR count).